The molecule has 0 saturated carbocycles. The largest absolute Gasteiger partial charge is 0.477 e. The molecule has 3 heterocycles. The molecule has 3 aromatic heterocycles. The number of furan rings is 1. The van der Waals surface area contributed by atoms with Crippen LogP contribution in [0.1, 0.15) is 9.67 Å². The summed E-state index contributed by atoms with van der Waals surface area (Å²) >= 11 is 1.26. The van der Waals surface area contributed by atoms with Crippen LogP contribution in [-0.2, 0) is 0 Å². The van der Waals surface area contributed by atoms with Gasteiger partial charge in [-0.15, -0.1) is 11.3 Å². The first-order chi connectivity index (χ1) is 14.1. The molecule has 0 bridgehead atoms. The summed E-state index contributed by atoms with van der Waals surface area (Å²) in [6.07, 6.45) is 5.01. The number of anilines is 1. The molecule has 4 rings (SSSR count). The highest BCUT2D eigenvalue weighted by atomic mass is 32.1. The molecule has 0 spiro atoms. The van der Waals surface area contributed by atoms with Gasteiger partial charge < -0.3 is 14.8 Å². The van der Waals surface area contributed by atoms with E-state index in [0.717, 1.165) is 32.9 Å². The number of nitrogens with zero attached hydrogens (tertiary/aromatic N) is 1. The molecule has 1 aromatic carbocycles. The first-order valence-corrected chi connectivity index (χ1v) is 9.62. The Balaban J connectivity index is 0.000000552. The highest BCUT2D eigenvalue weighted by molar-refractivity contribution is 7.18. The van der Waals surface area contributed by atoms with Gasteiger partial charge in [-0.1, -0.05) is 49.6 Å². The lowest BCUT2D eigenvalue weighted by Gasteiger charge is -2.00. The van der Waals surface area contributed by atoms with Gasteiger partial charge in [-0.25, -0.2) is 4.79 Å². The molecular weight excluding hydrogens is 384 g/mol. The van der Waals surface area contributed by atoms with Crippen LogP contribution >= 0.6 is 11.3 Å². The van der Waals surface area contributed by atoms with Crippen LogP contribution in [-0.4, -0.2) is 23.1 Å². The van der Waals surface area contributed by atoms with E-state index < -0.39 is 5.97 Å². The maximum atomic E-state index is 11.3. The van der Waals surface area contributed by atoms with Crippen molar-refractivity contribution in [1.29, 1.82) is 0 Å². The van der Waals surface area contributed by atoms with Crippen LogP contribution in [0, 0.1) is 0 Å². The minimum atomic E-state index is -0.924. The van der Waals surface area contributed by atoms with E-state index in [1.165, 1.54) is 11.3 Å². The molecule has 146 valence electrons. The zero-order valence-corrected chi connectivity index (χ0v) is 16.7. The highest BCUT2D eigenvalue weighted by Gasteiger charge is 2.15. The number of carboxylic acid groups (broad SMARTS) is 1. The SMILES string of the molecule is C=CC=C.CNc1cc(-c2ccc(-c3cc4ncccc4o3)cc2)sc1C(=O)O. The van der Waals surface area contributed by atoms with Crippen LogP contribution in [0.3, 0.4) is 0 Å². The third-order valence-electron chi connectivity index (χ3n) is 4.10. The molecule has 4 aromatic rings. The second-order valence-electron chi connectivity index (χ2n) is 5.95. The molecular formula is C23H20N2O3S. The number of rotatable bonds is 5. The number of benzene rings is 1. The van der Waals surface area contributed by atoms with E-state index in [-0.39, 0.29) is 0 Å². The summed E-state index contributed by atoms with van der Waals surface area (Å²) in [5.74, 6) is -0.166. The predicted octanol–water partition coefficient (Wildman–Crippen LogP) is 6.32. The van der Waals surface area contributed by atoms with Gasteiger partial charge in [-0.3, -0.25) is 4.98 Å². The van der Waals surface area contributed by atoms with Gasteiger partial charge in [0.15, 0.2) is 5.58 Å². The molecule has 0 aliphatic heterocycles. The fourth-order valence-corrected chi connectivity index (χ4v) is 3.70. The van der Waals surface area contributed by atoms with Gasteiger partial charge in [-0.2, -0.15) is 0 Å². The van der Waals surface area contributed by atoms with Gasteiger partial charge in [0.1, 0.15) is 16.2 Å². The van der Waals surface area contributed by atoms with Gasteiger partial charge >= 0.3 is 5.97 Å². The van der Waals surface area contributed by atoms with Crippen molar-refractivity contribution >= 4 is 34.1 Å². The second kappa shape index (κ2) is 9.03. The minimum absolute atomic E-state index is 0.310. The summed E-state index contributed by atoms with van der Waals surface area (Å²) in [5, 5.41) is 12.2. The summed E-state index contributed by atoms with van der Waals surface area (Å²) < 4.78 is 5.82. The van der Waals surface area contributed by atoms with Crippen LogP contribution in [0.5, 0.6) is 0 Å². The Morgan fingerprint density at radius 3 is 2.38 bits per heavy atom. The molecule has 0 atom stereocenters. The number of aromatic nitrogens is 1. The molecule has 0 radical (unpaired) electrons. The number of carbonyl (C=O) groups is 1. The maximum absolute atomic E-state index is 11.3. The van der Waals surface area contributed by atoms with E-state index in [1.807, 2.05) is 48.5 Å². The lowest BCUT2D eigenvalue weighted by Crippen LogP contribution is -1.97. The molecule has 0 saturated heterocycles. The monoisotopic (exact) mass is 404 g/mol. The first kappa shape index (κ1) is 20.1. The zero-order chi connectivity index (χ0) is 20.8. The summed E-state index contributed by atoms with van der Waals surface area (Å²) in [6.45, 7) is 6.72. The average molecular weight is 404 g/mol. The number of pyridine rings is 1. The van der Waals surface area contributed by atoms with Gasteiger partial charge in [0.2, 0.25) is 0 Å². The van der Waals surface area contributed by atoms with E-state index in [9.17, 15) is 9.90 Å². The van der Waals surface area contributed by atoms with Crippen molar-refractivity contribution in [3.8, 4) is 21.8 Å². The normalized spacial score (nSPS) is 10.1. The van der Waals surface area contributed by atoms with Gasteiger partial charge in [0.25, 0.3) is 0 Å². The third-order valence-corrected chi connectivity index (χ3v) is 5.28. The van der Waals surface area contributed by atoms with Crippen molar-refractivity contribution in [1.82, 2.24) is 4.98 Å². The maximum Gasteiger partial charge on any atom is 0.348 e. The third kappa shape index (κ3) is 4.44. The molecule has 6 heteroatoms. The van der Waals surface area contributed by atoms with Crippen LogP contribution in [0.4, 0.5) is 5.69 Å². The van der Waals surface area contributed by atoms with Crippen molar-refractivity contribution in [2.75, 3.05) is 12.4 Å². The second-order valence-corrected chi connectivity index (χ2v) is 7.01. The summed E-state index contributed by atoms with van der Waals surface area (Å²) in [7, 11) is 1.72. The highest BCUT2D eigenvalue weighted by Crippen LogP contribution is 2.36. The van der Waals surface area contributed by atoms with Crippen molar-refractivity contribution in [3.05, 3.63) is 84.9 Å². The number of allylic oxidation sites excluding steroid dienone is 2. The van der Waals surface area contributed by atoms with Gasteiger partial charge in [0, 0.05) is 29.8 Å². The van der Waals surface area contributed by atoms with Crippen molar-refractivity contribution < 1.29 is 14.3 Å². The Morgan fingerprint density at radius 2 is 1.83 bits per heavy atom. The van der Waals surface area contributed by atoms with Crippen LogP contribution in [0.15, 0.2) is 84.5 Å². The van der Waals surface area contributed by atoms with Crippen LogP contribution < -0.4 is 5.32 Å². The number of fused-ring (bicyclic) bond motifs is 1. The van der Waals surface area contributed by atoms with Crippen molar-refractivity contribution in [3.63, 3.8) is 0 Å². The quantitative estimate of drug-likeness (QED) is 0.381. The molecule has 0 aliphatic carbocycles. The molecule has 0 amide bonds. The van der Waals surface area contributed by atoms with E-state index in [2.05, 4.69) is 23.5 Å². The zero-order valence-electron chi connectivity index (χ0n) is 15.9. The molecule has 0 unspecified atom stereocenters. The molecule has 0 aliphatic rings. The number of carboxylic acids is 1. The minimum Gasteiger partial charge on any atom is -0.477 e. The van der Waals surface area contributed by atoms with Crippen LogP contribution in [0.25, 0.3) is 32.9 Å². The first-order valence-electron chi connectivity index (χ1n) is 8.81. The van der Waals surface area contributed by atoms with Crippen molar-refractivity contribution in [2.45, 2.75) is 0 Å². The van der Waals surface area contributed by atoms with Gasteiger partial charge in [0.05, 0.1) is 5.69 Å². The summed E-state index contributed by atoms with van der Waals surface area (Å²) in [5.41, 5.74) is 4.12. The number of thiophene rings is 1. The van der Waals surface area contributed by atoms with E-state index in [0.29, 0.717) is 10.6 Å². The average Bonchev–Trinajstić information content (AvgIpc) is 3.38. The lowest BCUT2D eigenvalue weighted by molar-refractivity contribution is 0.0703. The Morgan fingerprint density at radius 1 is 1.14 bits per heavy atom. The molecule has 2 N–H and O–H groups in total. The predicted molar refractivity (Wildman–Crippen MR) is 120 cm³/mol. The summed E-state index contributed by atoms with van der Waals surface area (Å²) in [4.78, 5) is 16.8. The molecule has 0 fully saturated rings. The smallest absolute Gasteiger partial charge is 0.348 e. The Hall–Kier alpha value is -3.64. The Bertz CT molecular complexity index is 1120. The molecule has 5 nitrogen and oxygen atoms in total. The van der Waals surface area contributed by atoms with Crippen LogP contribution in [0.2, 0.25) is 0 Å². The fraction of sp³-hybridized carbons (Fsp3) is 0.0435. The fourth-order valence-electron chi connectivity index (χ4n) is 2.69. The Labute approximate surface area is 172 Å². The van der Waals surface area contributed by atoms with E-state index in [1.54, 1.807) is 25.4 Å². The Kier molecular flexibility index (Phi) is 6.26. The van der Waals surface area contributed by atoms with E-state index in [4.69, 9.17) is 4.42 Å². The van der Waals surface area contributed by atoms with Gasteiger partial charge in [-0.05, 0) is 23.8 Å². The number of hydrogen-bond acceptors (Lipinski definition) is 5. The summed E-state index contributed by atoms with van der Waals surface area (Å²) in [6, 6.07) is 15.4. The lowest BCUT2D eigenvalue weighted by atomic mass is 10.1. The standard InChI is InChI=1S/C19H14N2O3S.C4H6/c1-20-14-10-17(25-18(14)19(22)23)12-6-4-11(5-7-12)16-9-13-15(24-16)3-2-8-21-13;1-3-4-2/h2-10,20H,1H3,(H,22,23);3-4H,1-2H2. The number of hydrogen-bond donors (Lipinski definition) is 2. The van der Waals surface area contributed by atoms with Crippen molar-refractivity contribution in [2.24, 2.45) is 0 Å². The molecule has 29 heavy (non-hydrogen) atoms. The topological polar surface area (TPSA) is 75.4 Å². The van der Waals surface area contributed by atoms with E-state index >= 15 is 0 Å². The number of nitrogens with one attached hydrogen (secondary N) is 1. The number of aromatic carboxylic acids is 1.